The van der Waals surface area contributed by atoms with E-state index in [4.69, 9.17) is 0 Å². The van der Waals surface area contributed by atoms with Gasteiger partial charge in [0.05, 0.1) is 12.2 Å². The summed E-state index contributed by atoms with van der Waals surface area (Å²) in [6, 6.07) is 8.29. The molecular weight excluding hydrogens is 268 g/mol. The van der Waals surface area contributed by atoms with E-state index in [1.807, 2.05) is 19.2 Å². The number of nitrogens with one attached hydrogen (secondary N) is 1. The van der Waals surface area contributed by atoms with Crippen LogP contribution >= 0.6 is 11.3 Å². The Kier molecular flexibility index (Phi) is 5.49. The summed E-state index contributed by atoms with van der Waals surface area (Å²) in [4.78, 5) is 3.45. The molecule has 0 aliphatic heterocycles. The molecule has 0 saturated heterocycles. The highest BCUT2D eigenvalue weighted by atomic mass is 32.1. The third-order valence-electron chi connectivity index (χ3n) is 2.93. The number of nitrogens with zero attached hydrogens (tertiary/aromatic N) is 3. The van der Waals surface area contributed by atoms with Gasteiger partial charge in [-0.3, -0.25) is 0 Å². The summed E-state index contributed by atoms with van der Waals surface area (Å²) < 4.78 is 0. The smallest absolute Gasteiger partial charge is 0.151 e. The monoisotopic (exact) mass is 290 g/mol. The summed E-state index contributed by atoms with van der Waals surface area (Å²) in [7, 11) is 2.04. The summed E-state index contributed by atoms with van der Waals surface area (Å²) in [5.41, 5.74) is 0.985. The lowest BCUT2D eigenvalue weighted by Crippen LogP contribution is -2.21. The fourth-order valence-corrected chi connectivity index (χ4v) is 2.61. The maximum Gasteiger partial charge on any atom is 0.151 e. The van der Waals surface area contributed by atoms with Gasteiger partial charge in [0.1, 0.15) is 0 Å². The van der Waals surface area contributed by atoms with Crippen LogP contribution in [0.2, 0.25) is 0 Å². The summed E-state index contributed by atoms with van der Waals surface area (Å²) in [5, 5.41) is 14.0. The van der Waals surface area contributed by atoms with Gasteiger partial charge < -0.3 is 10.2 Å². The molecule has 2 aromatic heterocycles. The fraction of sp³-hybridized carbons (Fsp3) is 0.467. The van der Waals surface area contributed by atoms with Crippen molar-refractivity contribution in [3.63, 3.8) is 0 Å². The number of hydrogen-bond donors (Lipinski definition) is 1. The third kappa shape index (κ3) is 4.58. The number of hydrogen-bond acceptors (Lipinski definition) is 5. The minimum Gasteiger partial charge on any atom is -0.353 e. The van der Waals surface area contributed by atoms with Gasteiger partial charge in [-0.25, -0.2) is 0 Å². The van der Waals surface area contributed by atoms with E-state index in [-0.39, 0.29) is 0 Å². The molecule has 4 nitrogen and oxygen atoms in total. The Bertz CT molecular complexity index is 493. The first-order valence-electron chi connectivity index (χ1n) is 6.92. The summed E-state index contributed by atoms with van der Waals surface area (Å²) >= 11 is 1.76. The first-order valence-corrected chi connectivity index (χ1v) is 7.80. The van der Waals surface area contributed by atoms with Crippen molar-refractivity contribution in [2.45, 2.75) is 26.9 Å². The highest BCUT2D eigenvalue weighted by molar-refractivity contribution is 7.09. The fourth-order valence-electron chi connectivity index (χ4n) is 1.86. The summed E-state index contributed by atoms with van der Waals surface area (Å²) in [5.74, 6) is 1.56. The lowest BCUT2D eigenvalue weighted by Gasteiger charge is -2.16. The Morgan fingerprint density at radius 2 is 2.10 bits per heavy atom. The van der Waals surface area contributed by atoms with Crippen molar-refractivity contribution in [1.82, 2.24) is 15.5 Å². The lowest BCUT2D eigenvalue weighted by molar-refractivity contribution is 0.546. The van der Waals surface area contributed by atoms with Crippen LogP contribution in [-0.4, -0.2) is 23.8 Å². The van der Waals surface area contributed by atoms with Crippen LogP contribution in [0.15, 0.2) is 29.6 Å². The molecule has 2 rings (SSSR count). The van der Waals surface area contributed by atoms with Crippen LogP contribution in [0.5, 0.6) is 0 Å². The molecule has 0 spiro atoms. The zero-order valence-corrected chi connectivity index (χ0v) is 13.2. The van der Waals surface area contributed by atoms with E-state index in [1.165, 1.54) is 4.88 Å². The predicted molar refractivity (Wildman–Crippen MR) is 85.0 cm³/mol. The normalized spacial score (nSPS) is 11.0. The molecule has 0 fully saturated rings. The van der Waals surface area contributed by atoms with Crippen LogP contribution in [0.25, 0.3) is 0 Å². The molecule has 0 bridgehead atoms. The second-order valence-corrected chi connectivity index (χ2v) is 6.38. The molecule has 0 aromatic carbocycles. The summed E-state index contributed by atoms with van der Waals surface area (Å²) in [6.45, 7) is 7.04. The SMILES string of the molecule is CC(C)CNCc1ccc(N(C)Cc2cccs2)nn1. The molecule has 0 saturated carbocycles. The molecule has 2 aromatic rings. The van der Waals surface area contributed by atoms with Gasteiger partial charge >= 0.3 is 0 Å². The average molecular weight is 290 g/mol. The maximum absolute atomic E-state index is 4.30. The summed E-state index contributed by atoms with van der Waals surface area (Å²) in [6.07, 6.45) is 0. The van der Waals surface area contributed by atoms with Crippen LogP contribution in [-0.2, 0) is 13.1 Å². The largest absolute Gasteiger partial charge is 0.353 e. The minimum atomic E-state index is 0.652. The first-order chi connectivity index (χ1) is 9.65. The quantitative estimate of drug-likeness (QED) is 0.851. The van der Waals surface area contributed by atoms with Crippen molar-refractivity contribution in [2.24, 2.45) is 5.92 Å². The molecule has 0 amide bonds. The van der Waals surface area contributed by atoms with Gasteiger partial charge in [-0.05, 0) is 36.0 Å². The molecule has 0 radical (unpaired) electrons. The number of aromatic nitrogens is 2. The Hall–Kier alpha value is -1.46. The van der Waals surface area contributed by atoms with Crippen molar-refractivity contribution >= 4 is 17.2 Å². The minimum absolute atomic E-state index is 0.652. The highest BCUT2D eigenvalue weighted by Gasteiger charge is 2.05. The molecule has 0 aliphatic carbocycles. The van der Waals surface area contributed by atoms with Gasteiger partial charge in [-0.15, -0.1) is 16.4 Å². The van der Waals surface area contributed by atoms with E-state index in [2.05, 4.69) is 51.8 Å². The van der Waals surface area contributed by atoms with Gasteiger partial charge in [0.25, 0.3) is 0 Å². The van der Waals surface area contributed by atoms with Crippen molar-refractivity contribution in [3.8, 4) is 0 Å². The molecule has 2 heterocycles. The van der Waals surface area contributed by atoms with Crippen LogP contribution in [0.3, 0.4) is 0 Å². The second-order valence-electron chi connectivity index (χ2n) is 5.34. The third-order valence-corrected chi connectivity index (χ3v) is 3.79. The number of anilines is 1. The van der Waals surface area contributed by atoms with E-state index in [1.54, 1.807) is 11.3 Å². The van der Waals surface area contributed by atoms with Gasteiger partial charge in [-0.1, -0.05) is 19.9 Å². The van der Waals surface area contributed by atoms with Crippen molar-refractivity contribution in [2.75, 3.05) is 18.5 Å². The van der Waals surface area contributed by atoms with E-state index in [0.29, 0.717) is 5.92 Å². The van der Waals surface area contributed by atoms with E-state index >= 15 is 0 Å². The van der Waals surface area contributed by atoms with Crippen molar-refractivity contribution in [1.29, 1.82) is 0 Å². The van der Waals surface area contributed by atoms with Crippen LogP contribution < -0.4 is 10.2 Å². The Balaban J connectivity index is 1.87. The first kappa shape index (κ1) is 14.9. The van der Waals surface area contributed by atoms with Crippen molar-refractivity contribution in [3.05, 3.63) is 40.2 Å². The predicted octanol–water partition coefficient (Wildman–Crippen LogP) is 2.92. The Morgan fingerprint density at radius 3 is 2.70 bits per heavy atom. The Labute approximate surface area is 124 Å². The number of rotatable bonds is 7. The highest BCUT2D eigenvalue weighted by Crippen LogP contribution is 2.15. The zero-order valence-electron chi connectivity index (χ0n) is 12.3. The van der Waals surface area contributed by atoms with Crippen LogP contribution in [0.1, 0.15) is 24.4 Å². The van der Waals surface area contributed by atoms with Crippen LogP contribution in [0, 0.1) is 5.92 Å². The standard InChI is InChI=1S/C15H22N4S/c1-12(2)9-16-10-13-6-7-15(18-17-13)19(3)11-14-5-4-8-20-14/h4-8,12,16H,9-11H2,1-3H3. The van der Waals surface area contributed by atoms with E-state index < -0.39 is 0 Å². The Morgan fingerprint density at radius 1 is 1.25 bits per heavy atom. The van der Waals surface area contributed by atoms with Gasteiger partial charge in [0.15, 0.2) is 5.82 Å². The van der Waals surface area contributed by atoms with Crippen molar-refractivity contribution < 1.29 is 0 Å². The van der Waals surface area contributed by atoms with Crippen LogP contribution in [0.4, 0.5) is 5.82 Å². The molecule has 0 atom stereocenters. The molecule has 1 N–H and O–H groups in total. The maximum atomic E-state index is 4.30. The molecule has 0 unspecified atom stereocenters. The average Bonchev–Trinajstić information content (AvgIpc) is 2.92. The zero-order chi connectivity index (χ0) is 14.4. The molecule has 0 aliphatic rings. The van der Waals surface area contributed by atoms with E-state index in [9.17, 15) is 0 Å². The molecule has 20 heavy (non-hydrogen) atoms. The molecule has 5 heteroatoms. The lowest BCUT2D eigenvalue weighted by atomic mass is 10.2. The second kappa shape index (κ2) is 7.36. The molecule has 108 valence electrons. The van der Waals surface area contributed by atoms with Gasteiger partial charge in [-0.2, -0.15) is 5.10 Å². The molecular formula is C15H22N4S. The topological polar surface area (TPSA) is 41.0 Å². The van der Waals surface area contributed by atoms with E-state index in [0.717, 1.165) is 31.1 Å². The van der Waals surface area contributed by atoms with Gasteiger partial charge in [0.2, 0.25) is 0 Å². The number of thiophene rings is 1. The van der Waals surface area contributed by atoms with Gasteiger partial charge in [0, 0.05) is 18.5 Å².